The second-order valence-electron chi connectivity index (χ2n) is 13.0. The summed E-state index contributed by atoms with van der Waals surface area (Å²) in [5, 5.41) is 12.8. The van der Waals surface area contributed by atoms with E-state index in [1.54, 1.807) is 13.8 Å². The van der Waals surface area contributed by atoms with Crippen LogP contribution in [0.5, 0.6) is 0 Å². The van der Waals surface area contributed by atoms with E-state index in [2.05, 4.69) is 70.2 Å². The lowest BCUT2D eigenvalue weighted by atomic mass is 9.63. The van der Waals surface area contributed by atoms with Crippen molar-refractivity contribution in [2.45, 2.75) is 90.3 Å². The van der Waals surface area contributed by atoms with E-state index < -0.39 is 11.2 Å². The number of benzene rings is 3. The molecule has 1 aromatic heterocycles. The summed E-state index contributed by atoms with van der Waals surface area (Å²) in [6, 6.07) is 19.6. The molecular weight excluding hydrogens is 443 g/mol. The maximum absolute atomic E-state index is 10.6. The van der Waals surface area contributed by atoms with Gasteiger partial charge in [0.15, 0.2) is 0 Å². The Bertz CT molecular complexity index is 1450. The fourth-order valence-electron chi connectivity index (χ4n) is 5.38. The van der Waals surface area contributed by atoms with Crippen LogP contribution in [0.25, 0.3) is 33.1 Å². The monoisotopic (exact) mass is 482 g/mol. The molecule has 0 saturated heterocycles. The van der Waals surface area contributed by atoms with Crippen LogP contribution in [0.15, 0.2) is 59.0 Å². The molecule has 0 radical (unpaired) electrons. The number of aliphatic hydroxyl groups is 1. The second kappa shape index (κ2) is 8.23. The van der Waals surface area contributed by atoms with Gasteiger partial charge in [-0.2, -0.15) is 0 Å². The van der Waals surface area contributed by atoms with Crippen molar-refractivity contribution in [3.63, 3.8) is 0 Å². The highest BCUT2D eigenvalue weighted by Gasteiger charge is 2.38. The zero-order chi connectivity index (χ0) is 26.1. The Kier molecular flexibility index (Phi) is 5.74. The molecule has 1 aliphatic rings. The molecule has 0 atom stereocenters. The van der Waals surface area contributed by atoms with Crippen LogP contribution in [0.4, 0.5) is 0 Å². The standard InChI is InChI=1S/C32H39BO3/c1-29(2)15-16-30(3,4)26-17-20(13-14-25(26)29)23-18-21(33-36-32(7,8)31(5,6)34)19-24-22-11-9-10-12-27(22)35-28(23)24/h9-14,17-19,33-34H,15-16H2,1-8H3. The number of rotatable bonds is 5. The zero-order valence-electron chi connectivity index (χ0n) is 23.1. The summed E-state index contributed by atoms with van der Waals surface area (Å²) in [4.78, 5) is 0. The van der Waals surface area contributed by atoms with Crippen molar-refractivity contribution in [2.75, 3.05) is 0 Å². The molecule has 3 aromatic carbocycles. The number of hydrogen-bond acceptors (Lipinski definition) is 3. The lowest BCUT2D eigenvalue weighted by Crippen LogP contribution is -2.49. The van der Waals surface area contributed by atoms with Gasteiger partial charge in [-0.05, 0) is 74.1 Å². The third-order valence-electron chi connectivity index (χ3n) is 8.77. The zero-order valence-corrected chi connectivity index (χ0v) is 23.1. The number of para-hydroxylation sites is 1. The average molecular weight is 482 g/mol. The SMILES string of the molecule is CC1(C)CCC(C)(C)c2cc(-c3cc(BOC(C)(C)C(C)(C)O)cc4c3oc3ccccc34)ccc21. The van der Waals surface area contributed by atoms with Crippen LogP contribution in [0.2, 0.25) is 0 Å². The number of fused-ring (bicyclic) bond motifs is 4. The molecule has 36 heavy (non-hydrogen) atoms. The van der Waals surface area contributed by atoms with Gasteiger partial charge in [0.1, 0.15) is 11.2 Å². The van der Waals surface area contributed by atoms with Crippen LogP contribution in [0, 0.1) is 0 Å². The summed E-state index contributed by atoms with van der Waals surface area (Å²) in [6.45, 7) is 16.9. The van der Waals surface area contributed by atoms with E-state index in [1.165, 1.54) is 29.5 Å². The van der Waals surface area contributed by atoms with Crippen LogP contribution in [0.3, 0.4) is 0 Å². The molecule has 1 N–H and O–H groups in total. The summed E-state index contributed by atoms with van der Waals surface area (Å²) in [7, 11) is 0.406. The molecule has 0 spiro atoms. The summed E-state index contributed by atoms with van der Waals surface area (Å²) in [5.41, 5.74) is 6.68. The minimum atomic E-state index is -0.959. The Morgan fingerprint density at radius 3 is 2.19 bits per heavy atom. The summed E-state index contributed by atoms with van der Waals surface area (Å²) in [5.74, 6) is 0. The molecule has 4 heteroatoms. The van der Waals surface area contributed by atoms with E-state index in [0.29, 0.717) is 7.48 Å². The van der Waals surface area contributed by atoms with E-state index in [4.69, 9.17) is 9.07 Å². The van der Waals surface area contributed by atoms with Crippen molar-refractivity contribution in [1.82, 2.24) is 0 Å². The van der Waals surface area contributed by atoms with Crippen molar-refractivity contribution >= 4 is 34.9 Å². The molecule has 1 aliphatic carbocycles. The molecule has 0 unspecified atom stereocenters. The van der Waals surface area contributed by atoms with Gasteiger partial charge in [-0.3, -0.25) is 0 Å². The van der Waals surface area contributed by atoms with Crippen molar-refractivity contribution in [3.8, 4) is 11.1 Å². The van der Waals surface area contributed by atoms with Gasteiger partial charge < -0.3 is 14.2 Å². The Morgan fingerprint density at radius 1 is 0.833 bits per heavy atom. The summed E-state index contributed by atoms with van der Waals surface area (Å²) < 4.78 is 12.7. The van der Waals surface area contributed by atoms with E-state index in [1.807, 2.05) is 26.0 Å². The largest absolute Gasteiger partial charge is 0.455 e. The predicted octanol–water partition coefficient (Wildman–Crippen LogP) is 7.14. The average Bonchev–Trinajstić information content (AvgIpc) is 3.18. The highest BCUT2D eigenvalue weighted by atomic mass is 16.5. The summed E-state index contributed by atoms with van der Waals surface area (Å²) >= 11 is 0. The molecule has 0 amide bonds. The maximum Gasteiger partial charge on any atom is 0.309 e. The van der Waals surface area contributed by atoms with Gasteiger partial charge in [0, 0.05) is 16.3 Å². The molecule has 1 heterocycles. The van der Waals surface area contributed by atoms with E-state index in [9.17, 15) is 5.11 Å². The molecule has 0 saturated carbocycles. The first kappa shape index (κ1) is 25.1. The minimum Gasteiger partial charge on any atom is -0.455 e. The van der Waals surface area contributed by atoms with Gasteiger partial charge in [-0.25, -0.2) is 0 Å². The minimum absolute atomic E-state index is 0.130. The predicted molar refractivity (Wildman–Crippen MR) is 153 cm³/mol. The van der Waals surface area contributed by atoms with Crippen molar-refractivity contribution < 1.29 is 14.2 Å². The Balaban J connectivity index is 1.69. The first-order chi connectivity index (χ1) is 16.7. The van der Waals surface area contributed by atoms with Gasteiger partial charge in [-0.15, -0.1) is 0 Å². The van der Waals surface area contributed by atoms with E-state index >= 15 is 0 Å². The highest BCUT2D eigenvalue weighted by molar-refractivity contribution is 6.48. The molecule has 3 nitrogen and oxygen atoms in total. The molecule has 5 rings (SSSR count). The number of furan rings is 1. The fourth-order valence-corrected chi connectivity index (χ4v) is 5.38. The van der Waals surface area contributed by atoms with Crippen LogP contribution in [0.1, 0.15) is 79.4 Å². The first-order valence-electron chi connectivity index (χ1n) is 13.2. The van der Waals surface area contributed by atoms with E-state index in [-0.39, 0.29) is 10.8 Å². The van der Waals surface area contributed by atoms with Gasteiger partial charge in [0.05, 0.1) is 11.2 Å². The smallest absolute Gasteiger partial charge is 0.309 e. The molecule has 0 aliphatic heterocycles. The van der Waals surface area contributed by atoms with Crippen molar-refractivity contribution in [2.24, 2.45) is 0 Å². The maximum atomic E-state index is 10.6. The van der Waals surface area contributed by atoms with Crippen molar-refractivity contribution in [1.29, 1.82) is 0 Å². The quantitative estimate of drug-likeness (QED) is 0.307. The third-order valence-corrected chi connectivity index (χ3v) is 8.77. The van der Waals surface area contributed by atoms with Crippen LogP contribution in [-0.4, -0.2) is 23.8 Å². The highest BCUT2D eigenvalue weighted by Crippen LogP contribution is 2.47. The topological polar surface area (TPSA) is 42.6 Å². The van der Waals surface area contributed by atoms with Gasteiger partial charge in [0.25, 0.3) is 0 Å². The van der Waals surface area contributed by atoms with Crippen LogP contribution in [-0.2, 0) is 15.5 Å². The summed E-state index contributed by atoms with van der Waals surface area (Å²) in [6.07, 6.45) is 2.38. The molecule has 0 bridgehead atoms. The third kappa shape index (κ3) is 4.19. The molecule has 4 aromatic rings. The van der Waals surface area contributed by atoms with Gasteiger partial charge >= 0.3 is 7.48 Å². The van der Waals surface area contributed by atoms with Crippen LogP contribution >= 0.6 is 0 Å². The first-order valence-corrected chi connectivity index (χ1v) is 13.2. The number of hydrogen-bond donors (Lipinski definition) is 1. The Labute approximate surface area is 216 Å². The lowest BCUT2D eigenvalue weighted by molar-refractivity contribution is -0.0893. The Hall–Kier alpha value is -2.56. The second-order valence-corrected chi connectivity index (χ2v) is 13.0. The van der Waals surface area contributed by atoms with E-state index in [0.717, 1.165) is 33.0 Å². The molecular formula is C32H39BO3. The van der Waals surface area contributed by atoms with Crippen molar-refractivity contribution in [3.05, 3.63) is 65.7 Å². The van der Waals surface area contributed by atoms with Gasteiger partial charge in [0.2, 0.25) is 0 Å². The Morgan fingerprint density at radius 2 is 1.50 bits per heavy atom. The molecule has 0 fully saturated rings. The lowest BCUT2D eigenvalue weighted by Gasteiger charge is -2.42. The van der Waals surface area contributed by atoms with Crippen LogP contribution < -0.4 is 5.46 Å². The van der Waals surface area contributed by atoms with Gasteiger partial charge in [-0.1, -0.05) is 81.7 Å². The molecule has 188 valence electrons. The normalized spacial score (nSPS) is 17.4. The fraction of sp³-hybridized carbons (Fsp3) is 0.438.